The summed E-state index contributed by atoms with van der Waals surface area (Å²) in [6.45, 7) is 0. The van der Waals surface area contributed by atoms with Gasteiger partial charge in [-0.25, -0.2) is 4.68 Å². The second-order valence-corrected chi connectivity index (χ2v) is 4.40. The third-order valence-electron chi connectivity index (χ3n) is 2.74. The zero-order valence-corrected chi connectivity index (χ0v) is 11.2. The predicted octanol–water partition coefficient (Wildman–Crippen LogP) is -0.382. The molecule has 1 amide bonds. The van der Waals surface area contributed by atoms with Crippen LogP contribution < -0.4 is 11.1 Å². The second-order valence-electron chi connectivity index (χ2n) is 4.40. The quantitative estimate of drug-likeness (QED) is 0.682. The first-order chi connectivity index (χ1) is 9.97. The van der Waals surface area contributed by atoms with Crippen molar-refractivity contribution in [3.05, 3.63) is 24.3 Å². The molecule has 1 aromatic heterocycles. The van der Waals surface area contributed by atoms with Crippen LogP contribution in [0.5, 0.6) is 0 Å². The van der Waals surface area contributed by atoms with E-state index in [2.05, 4.69) is 20.8 Å². The van der Waals surface area contributed by atoms with Gasteiger partial charge in [-0.05, 0) is 22.6 Å². The normalized spacial score (nSPS) is 11.9. The molecule has 0 aliphatic rings. The Labute approximate surface area is 119 Å². The van der Waals surface area contributed by atoms with Crippen LogP contribution in [0.1, 0.15) is 6.42 Å². The van der Waals surface area contributed by atoms with Crippen molar-refractivity contribution in [2.45, 2.75) is 12.5 Å². The Hall–Kier alpha value is -2.81. The number of hydrogen-bond acceptors (Lipinski definition) is 6. The van der Waals surface area contributed by atoms with Crippen molar-refractivity contribution < 1.29 is 14.7 Å². The molecule has 0 spiro atoms. The van der Waals surface area contributed by atoms with Crippen LogP contribution in [0.25, 0.3) is 11.4 Å². The maximum absolute atomic E-state index is 11.8. The largest absolute Gasteiger partial charge is 0.481 e. The number of nitrogens with zero attached hydrogens (tertiary/aromatic N) is 4. The van der Waals surface area contributed by atoms with Gasteiger partial charge in [0.2, 0.25) is 5.91 Å². The van der Waals surface area contributed by atoms with Crippen LogP contribution in [0, 0.1) is 0 Å². The first kappa shape index (κ1) is 14.6. The standard InChI is InChI=1S/C12H14N6O3/c1-18-11(15-16-17-18)7-3-2-4-8(5-7)14-12(21)9(13)6-10(19)20/h2-5,9H,6,13H2,1H3,(H,14,21)(H,19,20). The number of rotatable bonds is 5. The number of carbonyl (C=O) groups is 2. The summed E-state index contributed by atoms with van der Waals surface area (Å²) >= 11 is 0. The van der Waals surface area contributed by atoms with Crippen molar-refractivity contribution in [3.63, 3.8) is 0 Å². The van der Waals surface area contributed by atoms with E-state index in [0.717, 1.165) is 0 Å². The van der Waals surface area contributed by atoms with Crippen LogP contribution in [0.3, 0.4) is 0 Å². The Bertz CT molecular complexity index is 669. The number of tetrazole rings is 1. The van der Waals surface area contributed by atoms with Gasteiger partial charge in [-0.3, -0.25) is 9.59 Å². The first-order valence-electron chi connectivity index (χ1n) is 6.08. The minimum absolute atomic E-state index is 0.432. The number of carbonyl (C=O) groups excluding carboxylic acids is 1. The summed E-state index contributed by atoms with van der Waals surface area (Å²) in [4.78, 5) is 22.3. The summed E-state index contributed by atoms with van der Waals surface area (Å²) in [5.74, 6) is -1.15. The van der Waals surface area contributed by atoms with E-state index in [-0.39, 0.29) is 0 Å². The lowest BCUT2D eigenvalue weighted by Gasteiger charge is -2.11. The molecule has 0 fully saturated rings. The highest BCUT2D eigenvalue weighted by Crippen LogP contribution is 2.19. The number of carboxylic acid groups (broad SMARTS) is 1. The molecule has 1 unspecified atom stereocenters. The van der Waals surface area contributed by atoms with E-state index < -0.39 is 24.3 Å². The van der Waals surface area contributed by atoms with Gasteiger partial charge in [0.25, 0.3) is 0 Å². The second kappa shape index (κ2) is 6.09. The minimum Gasteiger partial charge on any atom is -0.481 e. The Balaban J connectivity index is 2.13. The molecule has 4 N–H and O–H groups in total. The van der Waals surface area contributed by atoms with Crippen molar-refractivity contribution in [2.75, 3.05) is 5.32 Å². The molecule has 0 aliphatic carbocycles. The molecule has 0 radical (unpaired) electrons. The lowest BCUT2D eigenvalue weighted by Crippen LogP contribution is -2.37. The molecule has 2 rings (SSSR count). The molecule has 9 heteroatoms. The molecule has 110 valence electrons. The number of nitrogens with one attached hydrogen (secondary N) is 1. The van der Waals surface area contributed by atoms with Crippen molar-refractivity contribution in [3.8, 4) is 11.4 Å². The van der Waals surface area contributed by atoms with E-state index in [1.807, 2.05) is 0 Å². The SMILES string of the molecule is Cn1nnnc1-c1cccc(NC(=O)C(N)CC(=O)O)c1. The molecule has 1 atom stereocenters. The van der Waals surface area contributed by atoms with Gasteiger partial charge in [0.05, 0.1) is 12.5 Å². The summed E-state index contributed by atoms with van der Waals surface area (Å²) in [6, 6.07) is 5.75. The number of aromatic nitrogens is 4. The summed E-state index contributed by atoms with van der Waals surface area (Å²) in [5, 5.41) is 22.3. The molecule has 21 heavy (non-hydrogen) atoms. The number of anilines is 1. The van der Waals surface area contributed by atoms with Crippen LogP contribution in [0.2, 0.25) is 0 Å². The van der Waals surface area contributed by atoms with Crippen molar-refractivity contribution in [1.82, 2.24) is 20.2 Å². The van der Waals surface area contributed by atoms with E-state index in [1.54, 1.807) is 31.3 Å². The van der Waals surface area contributed by atoms with E-state index in [4.69, 9.17) is 10.8 Å². The molecular formula is C12H14N6O3. The van der Waals surface area contributed by atoms with Gasteiger partial charge >= 0.3 is 5.97 Å². The molecule has 2 aromatic rings. The smallest absolute Gasteiger partial charge is 0.305 e. The van der Waals surface area contributed by atoms with Crippen LogP contribution in [-0.2, 0) is 16.6 Å². The van der Waals surface area contributed by atoms with E-state index in [0.29, 0.717) is 17.1 Å². The molecule has 1 aromatic carbocycles. The molecule has 0 saturated carbocycles. The van der Waals surface area contributed by atoms with Gasteiger partial charge in [0.15, 0.2) is 5.82 Å². The molecule has 0 aliphatic heterocycles. The van der Waals surface area contributed by atoms with Gasteiger partial charge < -0.3 is 16.2 Å². The average Bonchev–Trinajstić information content (AvgIpc) is 2.84. The lowest BCUT2D eigenvalue weighted by molar-refractivity contribution is -0.138. The number of aliphatic carboxylic acids is 1. The average molecular weight is 290 g/mol. The fraction of sp³-hybridized carbons (Fsp3) is 0.250. The van der Waals surface area contributed by atoms with Crippen LogP contribution in [-0.4, -0.2) is 43.2 Å². The number of aryl methyl sites for hydroxylation is 1. The Kier molecular flexibility index (Phi) is 4.24. The van der Waals surface area contributed by atoms with E-state index >= 15 is 0 Å². The van der Waals surface area contributed by atoms with E-state index in [9.17, 15) is 9.59 Å². The fourth-order valence-corrected chi connectivity index (χ4v) is 1.73. The molecule has 0 bridgehead atoms. The lowest BCUT2D eigenvalue weighted by atomic mass is 10.1. The summed E-state index contributed by atoms with van der Waals surface area (Å²) < 4.78 is 1.50. The van der Waals surface area contributed by atoms with Gasteiger partial charge in [-0.2, -0.15) is 0 Å². The Morgan fingerprint density at radius 3 is 2.86 bits per heavy atom. The van der Waals surface area contributed by atoms with Gasteiger partial charge in [0.1, 0.15) is 0 Å². The van der Waals surface area contributed by atoms with E-state index in [1.165, 1.54) is 4.68 Å². The summed E-state index contributed by atoms with van der Waals surface area (Å²) in [6.07, 6.45) is -0.432. The Morgan fingerprint density at radius 2 is 2.24 bits per heavy atom. The van der Waals surface area contributed by atoms with Crippen molar-refractivity contribution in [1.29, 1.82) is 0 Å². The van der Waals surface area contributed by atoms with Crippen LogP contribution in [0.15, 0.2) is 24.3 Å². The topological polar surface area (TPSA) is 136 Å². The highest BCUT2D eigenvalue weighted by Gasteiger charge is 2.17. The molecule has 0 saturated heterocycles. The third kappa shape index (κ3) is 3.60. The first-order valence-corrected chi connectivity index (χ1v) is 6.08. The summed E-state index contributed by atoms with van der Waals surface area (Å²) in [7, 11) is 1.70. The van der Waals surface area contributed by atoms with Crippen LogP contribution in [0.4, 0.5) is 5.69 Å². The van der Waals surface area contributed by atoms with Crippen LogP contribution >= 0.6 is 0 Å². The fourth-order valence-electron chi connectivity index (χ4n) is 1.73. The highest BCUT2D eigenvalue weighted by atomic mass is 16.4. The molecule has 9 nitrogen and oxygen atoms in total. The third-order valence-corrected chi connectivity index (χ3v) is 2.74. The zero-order valence-electron chi connectivity index (χ0n) is 11.2. The monoisotopic (exact) mass is 290 g/mol. The van der Waals surface area contributed by atoms with Gasteiger partial charge in [-0.15, -0.1) is 5.10 Å². The number of hydrogen-bond donors (Lipinski definition) is 3. The predicted molar refractivity (Wildman–Crippen MR) is 73.1 cm³/mol. The molecular weight excluding hydrogens is 276 g/mol. The maximum Gasteiger partial charge on any atom is 0.305 e. The number of nitrogens with two attached hydrogens (primary N) is 1. The number of amides is 1. The maximum atomic E-state index is 11.8. The zero-order chi connectivity index (χ0) is 15.4. The Morgan fingerprint density at radius 1 is 1.48 bits per heavy atom. The molecule has 1 heterocycles. The van der Waals surface area contributed by atoms with Gasteiger partial charge in [-0.1, -0.05) is 12.1 Å². The van der Waals surface area contributed by atoms with Crippen molar-refractivity contribution in [2.24, 2.45) is 12.8 Å². The number of carboxylic acids is 1. The highest BCUT2D eigenvalue weighted by molar-refractivity contribution is 5.97. The van der Waals surface area contributed by atoms with Crippen molar-refractivity contribution >= 4 is 17.6 Å². The number of benzene rings is 1. The minimum atomic E-state index is -1.13. The van der Waals surface area contributed by atoms with Gasteiger partial charge in [0, 0.05) is 18.3 Å². The summed E-state index contributed by atoms with van der Waals surface area (Å²) in [5.41, 5.74) is 6.70.